The third-order valence-electron chi connectivity index (χ3n) is 3.33. The van der Waals surface area contributed by atoms with Crippen LogP contribution in [0.15, 0.2) is 6.20 Å². The van der Waals surface area contributed by atoms with Gasteiger partial charge in [-0.3, -0.25) is 15.5 Å². The molecule has 0 saturated heterocycles. The van der Waals surface area contributed by atoms with Crippen LogP contribution < -0.4 is 16.6 Å². The SMILES string of the molecule is CC1(C)CC1CNc1nc(NN)ncc1[N+](=O)[O-]. The summed E-state index contributed by atoms with van der Waals surface area (Å²) in [7, 11) is 0. The molecule has 0 aromatic carbocycles. The van der Waals surface area contributed by atoms with Crippen molar-refractivity contribution < 1.29 is 4.92 Å². The van der Waals surface area contributed by atoms with Crippen molar-refractivity contribution in [1.29, 1.82) is 0 Å². The topological polar surface area (TPSA) is 119 Å². The van der Waals surface area contributed by atoms with Crippen molar-refractivity contribution in [2.45, 2.75) is 20.3 Å². The van der Waals surface area contributed by atoms with Gasteiger partial charge in [0.05, 0.1) is 4.92 Å². The molecule has 1 unspecified atom stereocenters. The van der Waals surface area contributed by atoms with E-state index in [1.54, 1.807) is 0 Å². The molecular weight excluding hydrogens is 236 g/mol. The molecular formula is C10H16N6O2. The van der Waals surface area contributed by atoms with Gasteiger partial charge in [-0.2, -0.15) is 4.98 Å². The molecule has 4 N–H and O–H groups in total. The first-order valence-electron chi connectivity index (χ1n) is 5.66. The molecule has 1 saturated carbocycles. The first-order chi connectivity index (χ1) is 8.44. The van der Waals surface area contributed by atoms with Gasteiger partial charge in [-0.15, -0.1) is 0 Å². The summed E-state index contributed by atoms with van der Waals surface area (Å²) < 4.78 is 0. The molecule has 18 heavy (non-hydrogen) atoms. The highest BCUT2D eigenvalue weighted by atomic mass is 16.6. The second kappa shape index (κ2) is 4.37. The lowest BCUT2D eigenvalue weighted by Crippen LogP contribution is -2.14. The average Bonchev–Trinajstić information content (AvgIpc) is 2.93. The van der Waals surface area contributed by atoms with Crippen molar-refractivity contribution in [1.82, 2.24) is 9.97 Å². The number of hydrogen-bond donors (Lipinski definition) is 3. The van der Waals surface area contributed by atoms with E-state index in [2.05, 4.69) is 34.6 Å². The Morgan fingerprint density at radius 2 is 2.33 bits per heavy atom. The van der Waals surface area contributed by atoms with Gasteiger partial charge in [0.25, 0.3) is 0 Å². The number of hydrogen-bond acceptors (Lipinski definition) is 7. The minimum absolute atomic E-state index is 0.146. The van der Waals surface area contributed by atoms with Crippen molar-refractivity contribution >= 4 is 17.5 Å². The van der Waals surface area contributed by atoms with E-state index in [4.69, 9.17) is 5.84 Å². The first kappa shape index (κ1) is 12.5. The molecule has 0 spiro atoms. The van der Waals surface area contributed by atoms with E-state index in [0.717, 1.165) is 12.6 Å². The van der Waals surface area contributed by atoms with Gasteiger partial charge < -0.3 is 5.32 Å². The van der Waals surface area contributed by atoms with Crippen LogP contribution in [0.3, 0.4) is 0 Å². The van der Waals surface area contributed by atoms with Crippen LogP contribution >= 0.6 is 0 Å². The molecule has 1 atom stereocenters. The van der Waals surface area contributed by atoms with Crippen LogP contribution in [-0.2, 0) is 0 Å². The van der Waals surface area contributed by atoms with Crippen LogP contribution in [0.25, 0.3) is 0 Å². The molecule has 98 valence electrons. The van der Waals surface area contributed by atoms with Gasteiger partial charge in [0.1, 0.15) is 6.20 Å². The van der Waals surface area contributed by atoms with Gasteiger partial charge >= 0.3 is 5.69 Å². The van der Waals surface area contributed by atoms with Crippen LogP contribution in [0.1, 0.15) is 20.3 Å². The van der Waals surface area contributed by atoms with Gasteiger partial charge in [-0.05, 0) is 17.8 Å². The lowest BCUT2D eigenvalue weighted by Gasteiger charge is -2.08. The molecule has 1 heterocycles. The number of nitrogen functional groups attached to an aromatic ring is 1. The zero-order valence-corrected chi connectivity index (χ0v) is 10.3. The maximum absolute atomic E-state index is 10.8. The normalized spacial score (nSPS) is 20.3. The van der Waals surface area contributed by atoms with Gasteiger partial charge in [0.2, 0.25) is 11.8 Å². The molecule has 8 nitrogen and oxygen atoms in total. The van der Waals surface area contributed by atoms with Crippen molar-refractivity contribution in [2.75, 3.05) is 17.3 Å². The van der Waals surface area contributed by atoms with E-state index in [-0.39, 0.29) is 17.5 Å². The highest BCUT2D eigenvalue weighted by molar-refractivity contribution is 5.56. The Balaban J connectivity index is 2.11. The molecule has 2 rings (SSSR count). The minimum Gasteiger partial charge on any atom is -0.364 e. The van der Waals surface area contributed by atoms with Crippen LogP contribution in [-0.4, -0.2) is 21.4 Å². The zero-order valence-electron chi connectivity index (χ0n) is 10.3. The second-order valence-electron chi connectivity index (χ2n) is 5.10. The Bertz CT molecular complexity index is 475. The van der Waals surface area contributed by atoms with Crippen LogP contribution in [0.4, 0.5) is 17.5 Å². The van der Waals surface area contributed by atoms with E-state index in [9.17, 15) is 10.1 Å². The Morgan fingerprint density at radius 3 is 2.83 bits per heavy atom. The van der Waals surface area contributed by atoms with Gasteiger partial charge in [0.15, 0.2) is 0 Å². The quantitative estimate of drug-likeness (QED) is 0.408. The number of rotatable bonds is 5. The smallest absolute Gasteiger partial charge is 0.329 e. The number of hydrazine groups is 1. The average molecular weight is 252 g/mol. The molecule has 0 bridgehead atoms. The lowest BCUT2D eigenvalue weighted by molar-refractivity contribution is -0.384. The predicted octanol–water partition coefficient (Wildman–Crippen LogP) is 1.13. The molecule has 1 fully saturated rings. The number of nitrogens with two attached hydrogens (primary N) is 1. The second-order valence-corrected chi connectivity index (χ2v) is 5.10. The largest absolute Gasteiger partial charge is 0.364 e. The number of nitrogens with one attached hydrogen (secondary N) is 2. The van der Waals surface area contributed by atoms with Gasteiger partial charge in [-0.1, -0.05) is 13.8 Å². The Hall–Kier alpha value is -1.96. The third-order valence-corrected chi connectivity index (χ3v) is 3.33. The zero-order chi connectivity index (χ0) is 13.3. The summed E-state index contributed by atoms with van der Waals surface area (Å²) in [6.07, 6.45) is 2.25. The lowest BCUT2D eigenvalue weighted by atomic mass is 10.1. The third kappa shape index (κ3) is 2.48. The van der Waals surface area contributed by atoms with Crippen LogP contribution in [0, 0.1) is 21.4 Å². The number of nitro groups is 1. The minimum atomic E-state index is -0.513. The molecule has 8 heteroatoms. The fourth-order valence-electron chi connectivity index (χ4n) is 1.85. The molecule has 1 aliphatic carbocycles. The Kier molecular flexibility index (Phi) is 3.04. The summed E-state index contributed by atoms with van der Waals surface area (Å²) in [4.78, 5) is 18.0. The molecule has 1 aromatic heterocycles. The number of aromatic nitrogens is 2. The fraction of sp³-hybridized carbons (Fsp3) is 0.600. The summed E-state index contributed by atoms with van der Waals surface area (Å²) in [6, 6.07) is 0. The summed E-state index contributed by atoms with van der Waals surface area (Å²) >= 11 is 0. The highest BCUT2D eigenvalue weighted by Gasteiger charge is 2.45. The van der Waals surface area contributed by atoms with E-state index in [1.165, 1.54) is 0 Å². The molecule has 1 aromatic rings. The van der Waals surface area contributed by atoms with Crippen molar-refractivity contribution in [3.63, 3.8) is 0 Å². The Labute approximate surface area is 104 Å². The van der Waals surface area contributed by atoms with Gasteiger partial charge in [0, 0.05) is 6.54 Å². The summed E-state index contributed by atoms with van der Waals surface area (Å²) in [5, 5.41) is 13.8. The van der Waals surface area contributed by atoms with Crippen molar-refractivity contribution in [3.05, 3.63) is 16.3 Å². The highest BCUT2D eigenvalue weighted by Crippen LogP contribution is 2.51. The van der Waals surface area contributed by atoms with Crippen molar-refractivity contribution in [2.24, 2.45) is 17.2 Å². The van der Waals surface area contributed by atoms with Gasteiger partial charge in [-0.25, -0.2) is 10.8 Å². The predicted molar refractivity (Wildman–Crippen MR) is 66.9 cm³/mol. The van der Waals surface area contributed by atoms with Crippen LogP contribution in [0.5, 0.6) is 0 Å². The Morgan fingerprint density at radius 1 is 1.67 bits per heavy atom. The van der Waals surface area contributed by atoms with E-state index in [0.29, 0.717) is 17.9 Å². The molecule has 0 radical (unpaired) electrons. The van der Waals surface area contributed by atoms with Crippen molar-refractivity contribution in [3.8, 4) is 0 Å². The first-order valence-corrected chi connectivity index (χ1v) is 5.66. The standard InChI is InChI=1S/C10H16N6O2/c1-10(2)3-6(10)4-12-8-7(16(17)18)5-13-9(14-8)15-11/h5-6H,3-4,11H2,1-2H3,(H2,12,13,14,15). The molecule has 1 aliphatic rings. The van der Waals surface area contributed by atoms with E-state index in [1.807, 2.05) is 0 Å². The molecule has 0 amide bonds. The van der Waals surface area contributed by atoms with E-state index >= 15 is 0 Å². The maximum atomic E-state index is 10.8. The van der Waals surface area contributed by atoms with Crippen LogP contribution in [0.2, 0.25) is 0 Å². The summed E-state index contributed by atoms with van der Waals surface area (Å²) in [6.45, 7) is 5.00. The molecule has 0 aliphatic heterocycles. The maximum Gasteiger partial charge on any atom is 0.329 e. The number of nitrogens with zero attached hydrogens (tertiary/aromatic N) is 3. The monoisotopic (exact) mass is 252 g/mol. The summed E-state index contributed by atoms with van der Waals surface area (Å²) in [5.74, 6) is 6.05. The fourth-order valence-corrected chi connectivity index (χ4v) is 1.85. The number of anilines is 2. The van der Waals surface area contributed by atoms with E-state index < -0.39 is 4.92 Å². The summed E-state index contributed by atoms with van der Waals surface area (Å²) in [5.41, 5.74) is 2.43.